The maximum atomic E-state index is 14.0. The molecule has 2 atom stereocenters. The van der Waals surface area contributed by atoms with Gasteiger partial charge in [-0.1, -0.05) is 0 Å². The third-order valence-corrected chi connectivity index (χ3v) is 3.88. The second kappa shape index (κ2) is 4.94. The van der Waals surface area contributed by atoms with Crippen LogP contribution >= 0.6 is 0 Å². The van der Waals surface area contributed by atoms with Gasteiger partial charge in [0.2, 0.25) is 0 Å². The van der Waals surface area contributed by atoms with Gasteiger partial charge in [0.1, 0.15) is 11.6 Å². The molecule has 20 heavy (non-hydrogen) atoms. The summed E-state index contributed by atoms with van der Waals surface area (Å²) in [6.07, 6.45) is 2.08. The Morgan fingerprint density at radius 1 is 1.40 bits per heavy atom. The van der Waals surface area contributed by atoms with Crippen LogP contribution in [0.2, 0.25) is 0 Å². The summed E-state index contributed by atoms with van der Waals surface area (Å²) in [7, 11) is 1.44. The topological polar surface area (TPSA) is 64.8 Å². The predicted octanol–water partition coefficient (Wildman–Crippen LogP) is 1.42. The number of anilines is 1. The number of ether oxygens (including phenoxy) is 2. The average molecular weight is 280 g/mol. The van der Waals surface area contributed by atoms with Crippen molar-refractivity contribution in [3.8, 4) is 5.75 Å². The Balaban J connectivity index is 1.87. The van der Waals surface area contributed by atoms with Crippen molar-refractivity contribution in [1.29, 1.82) is 0 Å². The molecular formula is C14H17FN2O3. The molecule has 2 N–H and O–H groups in total. The van der Waals surface area contributed by atoms with E-state index in [-0.39, 0.29) is 29.4 Å². The highest BCUT2D eigenvalue weighted by atomic mass is 19.1. The van der Waals surface area contributed by atoms with E-state index in [0.29, 0.717) is 18.8 Å². The summed E-state index contributed by atoms with van der Waals surface area (Å²) < 4.78 is 24.7. The third-order valence-electron chi connectivity index (χ3n) is 3.88. The Hall–Kier alpha value is -1.82. The number of rotatable bonds is 2. The van der Waals surface area contributed by atoms with Gasteiger partial charge in [0.15, 0.2) is 0 Å². The molecule has 0 aromatic heterocycles. The number of nitrogen functional groups attached to an aromatic ring is 1. The van der Waals surface area contributed by atoms with E-state index in [0.717, 1.165) is 18.9 Å². The van der Waals surface area contributed by atoms with Crippen LogP contribution in [-0.4, -0.2) is 43.2 Å². The van der Waals surface area contributed by atoms with Gasteiger partial charge in [-0.2, -0.15) is 0 Å². The monoisotopic (exact) mass is 280 g/mol. The van der Waals surface area contributed by atoms with Gasteiger partial charge >= 0.3 is 0 Å². The number of carbonyl (C=O) groups is 1. The highest BCUT2D eigenvalue weighted by molar-refractivity contribution is 5.95. The Kier molecular flexibility index (Phi) is 3.25. The molecular weight excluding hydrogens is 263 g/mol. The van der Waals surface area contributed by atoms with Crippen molar-refractivity contribution in [1.82, 2.24) is 4.90 Å². The number of hydrogen-bond acceptors (Lipinski definition) is 4. The van der Waals surface area contributed by atoms with E-state index < -0.39 is 5.82 Å². The van der Waals surface area contributed by atoms with Gasteiger partial charge < -0.3 is 20.1 Å². The van der Waals surface area contributed by atoms with Gasteiger partial charge in [0.05, 0.1) is 30.6 Å². The zero-order valence-electron chi connectivity index (χ0n) is 11.3. The maximum absolute atomic E-state index is 14.0. The Labute approximate surface area is 116 Å². The van der Waals surface area contributed by atoms with E-state index in [9.17, 15) is 9.18 Å². The molecule has 0 spiro atoms. The van der Waals surface area contributed by atoms with Gasteiger partial charge in [0, 0.05) is 19.2 Å². The quantitative estimate of drug-likeness (QED) is 0.832. The second-order valence-corrected chi connectivity index (χ2v) is 5.24. The molecule has 1 amide bonds. The zero-order valence-corrected chi connectivity index (χ0v) is 11.3. The number of fused-ring (bicyclic) bond motifs is 2. The molecule has 2 bridgehead atoms. The van der Waals surface area contributed by atoms with Crippen molar-refractivity contribution in [2.24, 2.45) is 0 Å². The van der Waals surface area contributed by atoms with Gasteiger partial charge in [-0.25, -0.2) is 4.39 Å². The van der Waals surface area contributed by atoms with Crippen molar-refractivity contribution in [3.05, 3.63) is 23.5 Å². The number of carbonyl (C=O) groups excluding carboxylic acids is 1. The predicted molar refractivity (Wildman–Crippen MR) is 71.2 cm³/mol. The van der Waals surface area contributed by atoms with E-state index in [4.69, 9.17) is 15.2 Å². The van der Waals surface area contributed by atoms with Crippen molar-refractivity contribution in [2.75, 3.05) is 25.9 Å². The summed E-state index contributed by atoms with van der Waals surface area (Å²) in [6, 6.07) is 2.49. The number of morpholine rings is 1. The molecule has 108 valence electrons. The number of nitrogens with zero attached hydrogens (tertiary/aromatic N) is 1. The van der Waals surface area contributed by atoms with Crippen LogP contribution in [0.25, 0.3) is 0 Å². The molecule has 5 nitrogen and oxygen atoms in total. The number of hydrogen-bond donors (Lipinski definition) is 1. The van der Waals surface area contributed by atoms with Crippen LogP contribution in [0, 0.1) is 5.82 Å². The number of benzene rings is 1. The smallest absolute Gasteiger partial charge is 0.257 e. The van der Waals surface area contributed by atoms with Gasteiger partial charge in [-0.3, -0.25) is 4.79 Å². The first-order valence-electron chi connectivity index (χ1n) is 6.66. The highest BCUT2D eigenvalue weighted by Gasteiger charge is 2.36. The summed E-state index contributed by atoms with van der Waals surface area (Å²) in [5.74, 6) is -0.640. The lowest BCUT2D eigenvalue weighted by Gasteiger charge is -2.32. The first-order valence-corrected chi connectivity index (χ1v) is 6.66. The van der Waals surface area contributed by atoms with Gasteiger partial charge in [-0.05, 0) is 18.9 Å². The molecule has 1 aromatic rings. The fourth-order valence-electron chi connectivity index (χ4n) is 2.86. The summed E-state index contributed by atoms with van der Waals surface area (Å²) in [4.78, 5) is 14.1. The van der Waals surface area contributed by atoms with Crippen LogP contribution in [0.1, 0.15) is 23.2 Å². The molecule has 3 rings (SSSR count). The minimum absolute atomic E-state index is 0.00245. The van der Waals surface area contributed by atoms with Crippen molar-refractivity contribution in [2.45, 2.75) is 25.0 Å². The molecule has 2 heterocycles. The summed E-state index contributed by atoms with van der Waals surface area (Å²) in [5.41, 5.74) is 5.81. The van der Waals surface area contributed by atoms with Crippen molar-refractivity contribution in [3.63, 3.8) is 0 Å². The minimum atomic E-state index is -0.618. The SMILES string of the molecule is COc1cc(C(=O)N2C[C@H]3CC[C@@H](C2)O3)c(F)cc1N. The van der Waals surface area contributed by atoms with Crippen molar-refractivity contribution < 1.29 is 18.7 Å². The van der Waals surface area contributed by atoms with Crippen LogP contribution in [0.15, 0.2) is 12.1 Å². The molecule has 0 unspecified atom stereocenters. The van der Waals surface area contributed by atoms with E-state index in [1.54, 1.807) is 4.90 Å². The number of halogens is 1. The largest absolute Gasteiger partial charge is 0.495 e. The summed E-state index contributed by atoms with van der Waals surface area (Å²) >= 11 is 0. The lowest BCUT2D eigenvalue weighted by molar-refractivity contribution is -0.0304. The first kappa shape index (κ1) is 13.2. The van der Waals surface area contributed by atoms with Crippen LogP contribution in [-0.2, 0) is 4.74 Å². The molecule has 0 aliphatic carbocycles. The van der Waals surface area contributed by atoms with E-state index in [2.05, 4.69) is 0 Å². The van der Waals surface area contributed by atoms with Gasteiger partial charge in [0.25, 0.3) is 5.91 Å². The summed E-state index contributed by atoms with van der Waals surface area (Å²) in [6.45, 7) is 1.03. The third kappa shape index (κ3) is 2.20. The standard InChI is InChI=1S/C14H17FN2O3/c1-19-13-4-10(11(15)5-12(13)16)14(18)17-6-8-2-3-9(7-17)20-8/h4-5,8-9H,2-3,6-7,16H2,1H3/t8-,9+. The van der Waals surface area contributed by atoms with E-state index >= 15 is 0 Å². The van der Waals surface area contributed by atoms with Crippen LogP contribution in [0.5, 0.6) is 5.75 Å². The fourth-order valence-corrected chi connectivity index (χ4v) is 2.86. The lowest BCUT2D eigenvalue weighted by Crippen LogP contribution is -2.46. The first-order chi connectivity index (χ1) is 9.58. The zero-order chi connectivity index (χ0) is 14.3. The molecule has 2 fully saturated rings. The normalized spacial score (nSPS) is 24.8. The Morgan fingerprint density at radius 2 is 2.05 bits per heavy atom. The number of nitrogens with two attached hydrogens (primary N) is 1. The molecule has 2 saturated heterocycles. The molecule has 2 aliphatic heterocycles. The maximum Gasteiger partial charge on any atom is 0.257 e. The molecule has 6 heteroatoms. The van der Waals surface area contributed by atoms with E-state index in [1.165, 1.54) is 13.2 Å². The van der Waals surface area contributed by atoms with Gasteiger partial charge in [-0.15, -0.1) is 0 Å². The lowest BCUT2D eigenvalue weighted by atomic mass is 10.1. The van der Waals surface area contributed by atoms with Crippen LogP contribution in [0.3, 0.4) is 0 Å². The minimum Gasteiger partial charge on any atom is -0.495 e. The molecule has 2 aliphatic rings. The Bertz CT molecular complexity index is 537. The molecule has 0 saturated carbocycles. The number of methoxy groups -OCH3 is 1. The van der Waals surface area contributed by atoms with Crippen LogP contribution in [0.4, 0.5) is 10.1 Å². The summed E-state index contributed by atoms with van der Waals surface area (Å²) in [5, 5.41) is 0. The highest BCUT2D eigenvalue weighted by Crippen LogP contribution is 2.30. The second-order valence-electron chi connectivity index (χ2n) is 5.24. The number of likely N-dealkylation sites (tertiary alicyclic amines) is 1. The Morgan fingerprint density at radius 3 is 2.65 bits per heavy atom. The average Bonchev–Trinajstić information content (AvgIpc) is 2.77. The number of amides is 1. The van der Waals surface area contributed by atoms with Crippen LogP contribution < -0.4 is 10.5 Å². The van der Waals surface area contributed by atoms with E-state index in [1.807, 2.05) is 0 Å². The molecule has 0 radical (unpaired) electrons. The molecule has 1 aromatic carbocycles. The fraction of sp³-hybridized carbons (Fsp3) is 0.500. The van der Waals surface area contributed by atoms with Crippen molar-refractivity contribution >= 4 is 11.6 Å².